The van der Waals surface area contributed by atoms with Gasteiger partial charge in [0.2, 0.25) is 0 Å². The van der Waals surface area contributed by atoms with Crippen molar-refractivity contribution < 1.29 is 4.74 Å². The van der Waals surface area contributed by atoms with Gasteiger partial charge in [-0.25, -0.2) is 0 Å². The molecule has 1 aromatic rings. The van der Waals surface area contributed by atoms with Gasteiger partial charge in [-0.05, 0) is 28.9 Å². The molecule has 0 bridgehead atoms. The summed E-state index contributed by atoms with van der Waals surface area (Å²) in [5, 5.41) is 0. The van der Waals surface area contributed by atoms with Crippen LogP contribution in [0.3, 0.4) is 0 Å². The van der Waals surface area contributed by atoms with Crippen LogP contribution in [0.15, 0.2) is 16.6 Å². The number of rotatable bonds is 2. The fraction of sp³-hybridized carbons (Fsp3) is 0.250. The number of anilines is 2. The highest BCUT2D eigenvalue weighted by Gasteiger charge is 2.03. The molecular weight excluding hydrogens is 220 g/mol. The molecular formula is C8H11BrN2O. The van der Waals surface area contributed by atoms with E-state index in [9.17, 15) is 0 Å². The third kappa shape index (κ3) is 1.82. The van der Waals surface area contributed by atoms with Gasteiger partial charge >= 0.3 is 0 Å². The molecule has 1 rings (SSSR count). The Bertz CT molecular complexity index is 265. The second-order valence-electron chi connectivity index (χ2n) is 2.34. The highest BCUT2D eigenvalue weighted by Crippen LogP contribution is 2.30. The zero-order valence-electron chi connectivity index (χ0n) is 6.80. The minimum atomic E-state index is 0.535. The summed E-state index contributed by atoms with van der Waals surface area (Å²) >= 11 is 3.28. The Morgan fingerprint density at radius 1 is 1.42 bits per heavy atom. The molecule has 0 unspecified atom stereocenters. The lowest BCUT2D eigenvalue weighted by atomic mass is 10.2. The lowest BCUT2D eigenvalue weighted by Gasteiger charge is -2.07. The van der Waals surface area contributed by atoms with E-state index in [1.54, 1.807) is 12.1 Å². The van der Waals surface area contributed by atoms with Crippen molar-refractivity contribution in [3.63, 3.8) is 0 Å². The van der Waals surface area contributed by atoms with Crippen LogP contribution in [0.2, 0.25) is 0 Å². The summed E-state index contributed by atoms with van der Waals surface area (Å²) in [6, 6.07) is 3.51. The van der Waals surface area contributed by atoms with Gasteiger partial charge in [0.05, 0.1) is 18.0 Å². The average Bonchev–Trinajstić information content (AvgIpc) is 2.01. The maximum atomic E-state index is 5.62. The van der Waals surface area contributed by atoms with E-state index < -0.39 is 0 Å². The van der Waals surface area contributed by atoms with Gasteiger partial charge in [0.25, 0.3) is 0 Å². The molecule has 12 heavy (non-hydrogen) atoms. The predicted octanol–water partition coefficient (Wildman–Crippen LogP) is 2.01. The molecule has 0 aliphatic heterocycles. The topological polar surface area (TPSA) is 61.3 Å². The molecule has 0 radical (unpaired) electrons. The molecule has 0 atom stereocenters. The van der Waals surface area contributed by atoms with Crippen molar-refractivity contribution in [3.8, 4) is 5.75 Å². The predicted molar refractivity (Wildman–Crippen MR) is 54.1 cm³/mol. The van der Waals surface area contributed by atoms with Crippen LogP contribution in [0.4, 0.5) is 11.4 Å². The van der Waals surface area contributed by atoms with E-state index in [4.69, 9.17) is 16.2 Å². The van der Waals surface area contributed by atoms with Gasteiger partial charge in [-0.2, -0.15) is 0 Å². The van der Waals surface area contributed by atoms with Gasteiger partial charge in [-0.1, -0.05) is 0 Å². The highest BCUT2D eigenvalue weighted by molar-refractivity contribution is 9.10. The molecule has 66 valence electrons. The maximum Gasteiger partial charge on any atom is 0.122 e. The Labute approximate surface area is 79.8 Å². The van der Waals surface area contributed by atoms with Crippen LogP contribution >= 0.6 is 15.9 Å². The number of ether oxygens (including phenoxy) is 1. The van der Waals surface area contributed by atoms with Crippen LogP contribution in [0.25, 0.3) is 0 Å². The second kappa shape index (κ2) is 3.67. The number of hydrogen-bond acceptors (Lipinski definition) is 3. The molecule has 4 heteroatoms. The van der Waals surface area contributed by atoms with E-state index in [0.29, 0.717) is 18.0 Å². The SMILES string of the molecule is CCOc1cc(N)c(N)c(Br)c1. The summed E-state index contributed by atoms with van der Waals surface area (Å²) < 4.78 is 6.03. The molecule has 0 aliphatic carbocycles. The van der Waals surface area contributed by atoms with Crippen molar-refractivity contribution in [2.75, 3.05) is 18.1 Å². The third-order valence-corrected chi connectivity index (χ3v) is 2.10. The largest absolute Gasteiger partial charge is 0.494 e. The molecule has 3 nitrogen and oxygen atoms in total. The summed E-state index contributed by atoms with van der Waals surface area (Å²) in [5.41, 5.74) is 12.3. The summed E-state index contributed by atoms with van der Waals surface area (Å²) in [7, 11) is 0. The molecule has 1 aromatic carbocycles. The first-order chi connectivity index (χ1) is 5.65. The van der Waals surface area contributed by atoms with Crippen LogP contribution in [0.5, 0.6) is 5.75 Å². The van der Waals surface area contributed by atoms with Crippen molar-refractivity contribution in [3.05, 3.63) is 16.6 Å². The number of nitrogen functional groups attached to an aromatic ring is 2. The van der Waals surface area contributed by atoms with E-state index in [-0.39, 0.29) is 0 Å². The first-order valence-electron chi connectivity index (χ1n) is 3.62. The summed E-state index contributed by atoms with van der Waals surface area (Å²) in [6.07, 6.45) is 0. The molecule has 0 amide bonds. The Morgan fingerprint density at radius 2 is 2.08 bits per heavy atom. The second-order valence-corrected chi connectivity index (χ2v) is 3.20. The molecule has 0 aromatic heterocycles. The molecule has 0 saturated carbocycles. The van der Waals surface area contributed by atoms with Crippen LogP contribution in [-0.2, 0) is 0 Å². The summed E-state index contributed by atoms with van der Waals surface area (Å²) in [6.45, 7) is 2.54. The highest BCUT2D eigenvalue weighted by atomic mass is 79.9. The lowest BCUT2D eigenvalue weighted by molar-refractivity contribution is 0.340. The maximum absolute atomic E-state index is 5.62. The number of hydrogen-bond donors (Lipinski definition) is 2. The van der Waals surface area contributed by atoms with Gasteiger partial charge in [0.15, 0.2) is 0 Å². The summed E-state index contributed by atoms with van der Waals surface area (Å²) in [4.78, 5) is 0. The molecule has 0 saturated heterocycles. The first kappa shape index (κ1) is 9.19. The Balaban J connectivity index is 3.04. The van der Waals surface area contributed by atoms with E-state index in [0.717, 1.165) is 10.2 Å². The first-order valence-corrected chi connectivity index (χ1v) is 4.41. The molecule has 4 N–H and O–H groups in total. The average molecular weight is 231 g/mol. The standard InChI is InChI=1S/C8H11BrN2O/c1-2-12-5-3-6(9)8(11)7(10)4-5/h3-4H,2,10-11H2,1H3. The number of benzene rings is 1. The normalized spacial score (nSPS) is 9.83. The quantitative estimate of drug-likeness (QED) is 0.765. The Morgan fingerprint density at radius 3 is 2.58 bits per heavy atom. The zero-order chi connectivity index (χ0) is 9.14. The third-order valence-electron chi connectivity index (χ3n) is 1.45. The number of halogens is 1. The Hall–Kier alpha value is -0.900. The molecule has 0 fully saturated rings. The van der Waals surface area contributed by atoms with Crippen molar-refractivity contribution in [1.82, 2.24) is 0 Å². The van der Waals surface area contributed by atoms with Crippen LogP contribution in [0, 0.1) is 0 Å². The smallest absolute Gasteiger partial charge is 0.122 e. The van der Waals surface area contributed by atoms with Gasteiger partial charge in [-0.15, -0.1) is 0 Å². The van der Waals surface area contributed by atoms with Gasteiger partial charge in [0.1, 0.15) is 5.75 Å². The van der Waals surface area contributed by atoms with Crippen LogP contribution < -0.4 is 16.2 Å². The minimum absolute atomic E-state index is 0.535. The van der Waals surface area contributed by atoms with Crippen LogP contribution in [0.1, 0.15) is 6.92 Å². The van der Waals surface area contributed by atoms with Gasteiger partial charge in [0, 0.05) is 10.5 Å². The minimum Gasteiger partial charge on any atom is -0.494 e. The molecule has 0 aliphatic rings. The van der Waals surface area contributed by atoms with Crippen molar-refractivity contribution in [2.45, 2.75) is 6.92 Å². The van der Waals surface area contributed by atoms with Crippen molar-refractivity contribution in [1.29, 1.82) is 0 Å². The Kier molecular flexibility index (Phi) is 2.81. The fourth-order valence-corrected chi connectivity index (χ4v) is 1.32. The van der Waals surface area contributed by atoms with Crippen LogP contribution in [-0.4, -0.2) is 6.61 Å². The van der Waals surface area contributed by atoms with Gasteiger partial charge < -0.3 is 16.2 Å². The summed E-state index contributed by atoms with van der Waals surface area (Å²) in [5.74, 6) is 0.732. The fourth-order valence-electron chi connectivity index (χ4n) is 0.863. The van der Waals surface area contributed by atoms with Gasteiger partial charge in [-0.3, -0.25) is 0 Å². The van der Waals surface area contributed by atoms with Crippen molar-refractivity contribution >= 4 is 27.3 Å². The molecule has 0 heterocycles. The van der Waals surface area contributed by atoms with E-state index >= 15 is 0 Å². The van der Waals surface area contributed by atoms with E-state index in [1.807, 2.05) is 6.92 Å². The number of nitrogens with two attached hydrogens (primary N) is 2. The van der Waals surface area contributed by atoms with Crippen molar-refractivity contribution in [2.24, 2.45) is 0 Å². The van der Waals surface area contributed by atoms with E-state index in [2.05, 4.69) is 15.9 Å². The zero-order valence-corrected chi connectivity index (χ0v) is 8.39. The lowest BCUT2D eigenvalue weighted by Crippen LogP contribution is -1.98. The monoisotopic (exact) mass is 230 g/mol. The molecule has 0 spiro atoms. The van der Waals surface area contributed by atoms with E-state index in [1.165, 1.54) is 0 Å².